The molecular weight excluding hydrogens is 621 g/mol. The highest BCUT2D eigenvalue weighted by molar-refractivity contribution is 5.94. The van der Waals surface area contributed by atoms with Crippen LogP contribution in [0.4, 0.5) is 0 Å². The van der Waals surface area contributed by atoms with E-state index in [4.69, 9.17) is 21.1 Å². The predicted octanol–water partition coefficient (Wildman–Crippen LogP) is 11.3. The van der Waals surface area contributed by atoms with Gasteiger partial charge in [0.1, 0.15) is 11.5 Å². The number of aromatic nitrogens is 2. The molecule has 0 fully saturated rings. The Morgan fingerprint density at radius 1 is 0.569 bits per heavy atom. The summed E-state index contributed by atoms with van der Waals surface area (Å²) in [6, 6.07) is 54.8. The van der Waals surface area contributed by atoms with Gasteiger partial charge in [-0.05, 0) is 58.5 Å². The summed E-state index contributed by atoms with van der Waals surface area (Å²) < 4.78 is 6.52. The van der Waals surface area contributed by atoms with Crippen LogP contribution < -0.4 is 4.74 Å². The number of terminal acetylenes is 1. The Labute approximate surface area is 298 Å². The van der Waals surface area contributed by atoms with Crippen LogP contribution in [0.25, 0.3) is 56.2 Å². The van der Waals surface area contributed by atoms with Crippen molar-refractivity contribution < 1.29 is 4.74 Å². The smallest absolute Gasteiger partial charge is 0.160 e. The first kappa shape index (κ1) is 30.3. The number of benzene rings is 6. The number of nitrogens with zero attached hydrogens (tertiary/aromatic N) is 2. The summed E-state index contributed by atoms with van der Waals surface area (Å²) in [6.07, 6.45) is 10.5. The van der Waals surface area contributed by atoms with E-state index in [1.165, 1.54) is 16.7 Å². The van der Waals surface area contributed by atoms with E-state index in [1.54, 1.807) is 0 Å². The molecule has 51 heavy (non-hydrogen) atoms. The van der Waals surface area contributed by atoms with Gasteiger partial charge in [0, 0.05) is 22.3 Å². The summed E-state index contributed by atoms with van der Waals surface area (Å²) >= 11 is 0. The second-order valence-corrected chi connectivity index (χ2v) is 12.8. The van der Waals surface area contributed by atoms with E-state index in [-0.39, 0.29) is 0 Å². The molecule has 3 heteroatoms. The molecule has 0 saturated carbocycles. The molecule has 9 rings (SSSR count). The summed E-state index contributed by atoms with van der Waals surface area (Å²) in [5, 5.41) is 0. The molecule has 1 spiro atoms. The molecule has 0 bridgehead atoms. The Hall–Kier alpha value is -6.76. The molecule has 2 heterocycles. The number of rotatable bonds is 5. The highest BCUT2D eigenvalue weighted by Crippen LogP contribution is 2.62. The van der Waals surface area contributed by atoms with Gasteiger partial charge < -0.3 is 4.74 Å². The quantitative estimate of drug-likeness (QED) is 0.174. The second-order valence-electron chi connectivity index (χ2n) is 12.8. The van der Waals surface area contributed by atoms with Crippen molar-refractivity contribution in [2.24, 2.45) is 0 Å². The van der Waals surface area contributed by atoms with Crippen molar-refractivity contribution in [1.29, 1.82) is 0 Å². The predicted molar refractivity (Wildman–Crippen MR) is 207 cm³/mol. The second kappa shape index (κ2) is 12.3. The Kier molecular flexibility index (Phi) is 7.30. The molecule has 6 aromatic carbocycles. The maximum Gasteiger partial charge on any atom is 0.160 e. The van der Waals surface area contributed by atoms with Crippen LogP contribution >= 0.6 is 0 Å². The molecule has 1 aliphatic heterocycles. The Morgan fingerprint density at radius 3 is 1.84 bits per heavy atom. The van der Waals surface area contributed by atoms with E-state index < -0.39 is 5.41 Å². The Morgan fingerprint density at radius 2 is 1.14 bits per heavy atom. The number of para-hydroxylation sites is 1. The number of hydrogen-bond acceptors (Lipinski definition) is 3. The van der Waals surface area contributed by atoms with Crippen molar-refractivity contribution in [3.8, 4) is 74.2 Å². The fraction of sp³-hybridized carbons (Fsp3) is 0.0417. The molecule has 1 unspecified atom stereocenters. The van der Waals surface area contributed by atoms with Crippen molar-refractivity contribution in [3.05, 3.63) is 198 Å². The average Bonchev–Trinajstić information content (AvgIpc) is 3.49. The van der Waals surface area contributed by atoms with Crippen molar-refractivity contribution in [3.63, 3.8) is 0 Å². The maximum atomic E-state index is 6.52. The van der Waals surface area contributed by atoms with Crippen molar-refractivity contribution >= 4 is 0 Å². The van der Waals surface area contributed by atoms with Gasteiger partial charge in [-0.3, -0.25) is 0 Å². The SMILES string of the molecule is C#CC1=C(/C=C\C)Oc2ccccc2C12c1ccccc1-c1cccc(-c3ccc(-c4cc(-c5ccccc5)nc(-c5ccccc5)n4)cc3)c12. The normalized spacial score (nSPS) is 15.6. The van der Waals surface area contributed by atoms with Gasteiger partial charge >= 0.3 is 0 Å². The van der Waals surface area contributed by atoms with Gasteiger partial charge in [-0.15, -0.1) is 6.42 Å². The number of allylic oxidation sites excluding steroid dienone is 3. The summed E-state index contributed by atoms with van der Waals surface area (Å²) in [6.45, 7) is 1.99. The lowest BCUT2D eigenvalue weighted by Crippen LogP contribution is -2.34. The minimum Gasteiger partial charge on any atom is -0.456 e. The number of fused-ring (bicyclic) bond motifs is 7. The Balaban J connectivity index is 1.24. The van der Waals surface area contributed by atoms with Gasteiger partial charge in [0.2, 0.25) is 0 Å². The van der Waals surface area contributed by atoms with Gasteiger partial charge in [-0.1, -0.05) is 158 Å². The summed E-state index contributed by atoms with van der Waals surface area (Å²) in [7, 11) is 0. The average molecular weight is 653 g/mol. The molecule has 0 saturated heterocycles. The fourth-order valence-corrected chi connectivity index (χ4v) is 7.83. The molecule has 3 nitrogen and oxygen atoms in total. The van der Waals surface area contributed by atoms with Crippen LogP contribution in [0.5, 0.6) is 5.75 Å². The van der Waals surface area contributed by atoms with Crippen LogP contribution in [0, 0.1) is 12.3 Å². The van der Waals surface area contributed by atoms with E-state index in [0.29, 0.717) is 11.6 Å². The van der Waals surface area contributed by atoms with Gasteiger partial charge in [-0.2, -0.15) is 0 Å². The van der Waals surface area contributed by atoms with E-state index in [0.717, 1.165) is 61.7 Å². The van der Waals surface area contributed by atoms with E-state index >= 15 is 0 Å². The zero-order chi connectivity index (χ0) is 34.4. The molecule has 1 aromatic heterocycles. The minimum atomic E-state index is -0.735. The zero-order valence-electron chi connectivity index (χ0n) is 28.0. The lowest BCUT2D eigenvalue weighted by molar-refractivity contribution is 0.404. The molecule has 1 atom stereocenters. The largest absolute Gasteiger partial charge is 0.456 e. The minimum absolute atomic E-state index is 0.693. The zero-order valence-corrected chi connectivity index (χ0v) is 28.0. The fourth-order valence-electron chi connectivity index (χ4n) is 7.83. The van der Waals surface area contributed by atoms with Crippen molar-refractivity contribution in [1.82, 2.24) is 9.97 Å². The van der Waals surface area contributed by atoms with Crippen LogP contribution in [0.2, 0.25) is 0 Å². The van der Waals surface area contributed by atoms with Crippen LogP contribution in [0.3, 0.4) is 0 Å². The highest BCUT2D eigenvalue weighted by Gasteiger charge is 2.53. The molecule has 240 valence electrons. The lowest BCUT2D eigenvalue weighted by atomic mass is 9.64. The third-order valence-corrected chi connectivity index (χ3v) is 9.97. The molecule has 0 radical (unpaired) electrons. The molecule has 7 aromatic rings. The Bertz CT molecular complexity index is 2500. The molecule has 0 N–H and O–H groups in total. The monoisotopic (exact) mass is 652 g/mol. The first-order chi connectivity index (χ1) is 25.2. The number of ether oxygens (including phenoxy) is 1. The third-order valence-electron chi connectivity index (χ3n) is 9.97. The highest BCUT2D eigenvalue weighted by atomic mass is 16.5. The standard InChI is InChI=1S/C48H32N2O/c1-3-16-44-39(4-2)48(41-25-13-14-26-45(41)51-44)40-24-12-11-21-37(40)38-23-15-22-36(46(38)48)32-27-29-34(30-28-32)43-31-42(33-17-7-5-8-18-33)49-47(50-43)35-19-9-6-10-20-35/h2-3,5-31H,1H3/b16-3-. The van der Waals surface area contributed by atoms with Gasteiger partial charge in [0.25, 0.3) is 0 Å². The maximum absolute atomic E-state index is 6.52. The van der Waals surface area contributed by atoms with Crippen LogP contribution in [0.1, 0.15) is 23.6 Å². The van der Waals surface area contributed by atoms with Crippen molar-refractivity contribution in [2.75, 3.05) is 0 Å². The lowest BCUT2D eigenvalue weighted by Gasteiger charge is -2.39. The van der Waals surface area contributed by atoms with Gasteiger partial charge in [0.15, 0.2) is 5.82 Å². The van der Waals surface area contributed by atoms with E-state index in [9.17, 15) is 0 Å². The molecule has 2 aliphatic rings. The molecule has 0 amide bonds. The van der Waals surface area contributed by atoms with Crippen LogP contribution in [-0.4, -0.2) is 9.97 Å². The summed E-state index contributed by atoms with van der Waals surface area (Å²) in [5.41, 5.74) is 12.8. The summed E-state index contributed by atoms with van der Waals surface area (Å²) in [5.74, 6) is 5.33. The van der Waals surface area contributed by atoms with Gasteiger partial charge in [0.05, 0.1) is 22.4 Å². The van der Waals surface area contributed by atoms with Crippen molar-refractivity contribution in [2.45, 2.75) is 12.3 Å². The number of hydrogen-bond donors (Lipinski definition) is 0. The van der Waals surface area contributed by atoms with Crippen LogP contribution in [0.15, 0.2) is 181 Å². The third kappa shape index (κ3) is 4.76. The topological polar surface area (TPSA) is 35.0 Å². The van der Waals surface area contributed by atoms with E-state index in [2.05, 4.69) is 115 Å². The first-order valence-electron chi connectivity index (χ1n) is 17.2. The first-order valence-corrected chi connectivity index (χ1v) is 17.2. The van der Waals surface area contributed by atoms with E-state index in [1.807, 2.05) is 67.6 Å². The van der Waals surface area contributed by atoms with Gasteiger partial charge in [-0.25, -0.2) is 9.97 Å². The molecular formula is C48H32N2O. The van der Waals surface area contributed by atoms with Crippen LogP contribution in [-0.2, 0) is 5.41 Å². The summed E-state index contributed by atoms with van der Waals surface area (Å²) in [4.78, 5) is 10.0. The molecule has 1 aliphatic carbocycles.